The molecule has 0 radical (unpaired) electrons. The van der Waals surface area contributed by atoms with Gasteiger partial charge in [-0.2, -0.15) is 0 Å². The number of likely N-dealkylation sites (tertiary alicyclic amines) is 2. The molecule has 1 aromatic carbocycles. The molecule has 164 valence electrons. The Balaban J connectivity index is 1.25. The van der Waals surface area contributed by atoms with Gasteiger partial charge in [-0.25, -0.2) is 9.29 Å². The summed E-state index contributed by atoms with van der Waals surface area (Å²) in [7, 11) is 0. The number of piperidine rings is 2. The largest absolute Gasteiger partial charge is 0.303 e. The molecule has 4 rings (SSSR count). The molecule has 0 spiro atoms. The Morgan fingerprint density at radius 3 is 2.20 bits per heavy atom. The number of benzene rings is 1. The molecule has 30 heavy (non-hydrogen) atoms. The molecule has 5 nitrogen and oxygen atoms in total. The molecule has 0 aliphatic carbocycles. The maximum Gasteiger partial charge on any atom is 0.251 e. The molecule has 3 saturated heterocycles. The van der Waals surface area contributed by atoms with Crippen molar-refractivity contribution in [2.24, 2.45) is 11.8 Å². The smallest absolute Gasteiger partial charge is 0.251 e. The molecule has 3 aliphatic heterocycles. The Morgan fingerprint density at radius 2 is 1.57 bits per heavy atom. The average Bonchev–Trinajstić information content (AvgIpc) is 3.07. The van der Waals surface area contributed by atoms with Crippen molar-refractivity contribution < 1.29 is 14.0 Å². The Morgan fingerprint density at radius 1 is 0.933 bits per heavy atom. The van der Waals surface area contributed by atoms with E-state index >= 15 is 0 Å². The Labute approximate surface area is 179 Å². The van der Waals surface area contributed by atoms with Crippen molar-refractivity contribution >= 4 is 17.5 Å². The van der Waals surface area contributed by atoms with Crippen molar-refractivity contribution in [2.75, 3.05) is 37.6 Å². The van der Waals surface area contributed by atoms with Gasteiger partial charge < -0.3 is 4.90 Å². The van der Waals surface area contributed by atoms with Crippen LogP contribution < -0.4 is 4.90 Å². The van der Waals surface area contributed by atoms with Gasteiger partial charge in [0.2, 0.25) is 5.91 Å². The maximum absolute atomic E-state index is 13.2. The van der Waals surface area contributed by atoms with Gasteiger partial charge in [-0.3, -0.25) is 14.5 Å². The number of carbonyl (C=O) groups is 2. The Bertz CT molecular complexity index is 737. The monoisotopic (exact) mass is 415 g/mol. The van der Waals surface area contributed by atoms with Gasteiger partial charge in [0.1, 0.15) is 5.82 Å². The number of nitrogens with zero attached hydrogens (tertiary/aromatic N) is 3. The van der Waals surface area contributed by atoms with Crippen molar-refractivity contribution in [1.29, 1.82) is 0 Å². The summed E-state index contributed by atoms with van der Waals surface area (Å²) in [4.78, 5) is 31.5. The van der Waals surface area contributed by atoms with Crippen LogP contribution in [0.4, 0.5) is 10.1 Å². The number of anilines is 1. The number of halogens is 1. The maximum atomic E-state index is 13.2. The van der Waals surface area contributed by atoms with E-state index in [1.54, 1.807) is 0 Å². The van der Waals surface area contributed by atoms with Gasteiger partial charge >= 0.3 is 0 Å². The summed E-state index contributed by atoms with van der Waals surface area (Å²) in [6.45, 7) is 7.74. The third-order valence-electron chi connectivity index (χ3n) is 7.44. The lowest BCUT2D eigenvalue weighted by atomic mass is 9.91. The van der Waals surface area contributed by atoms with Crippen molar-refractivity contribution in [3.05, 3.63) is 30.1 Å². The van der Waals surface area contributed by atoms with Gasteiger partial charge in [-0.05, 0) is 101 Å². The highest BCUT2D eigenvalue weighted by atomic mass is 19.1. The second-order valence-corrected chi connectivity index (χ2v) is 9.23. The predicted octanol–water partition coefficient (Wildman–Crippen LogP) is 3.68. The zero-order valence-electron chi connectivity index (χ0n) is 18.1. The van der Waals surface area contributed by atoms with Gasteiger partial charge in [0, 0.05) is 0 Å². The predicted molar refractivity (Wildman–Crippen MR) is 116 cm³/mol. The lowest BCUT2D eigenvalue weighted by molar-refractivity contribution is -0.123. The Hall–Kier alpha value is -1.79. The number of hydrogen-bond donors (Lipinski definition) is 0. The van der Waals surface area contributed by atoms with Gasteiger partial charge in [-0.15, -0.1) is 0 Å². The van der Waals surface area contributed by atoms with Crippen LogP contribution in [-0.2, 0) is 9.59 Å². The number of imide groups is 1. The van der Waals surface area contributed by atoms with Crippen LogP contribution in [0.25, 0.3) is 0 Å². The minimum Gasteiger partial charge on any atom is -0.303 e. The van der Waals surface area contributed by atoms with Gasteiger partial charge in [0.05, 0.1) is 18.2 Å². The summed E-state index contributed by atoms with van der Waals surface area (Å²) in [5.74, 6) is 0.917. The summed E-state index contributed by atoms with van der Waals surface area (Å²) in [5.41, 5.74) is 0.468. The normalized spacial score (nSPS) is 25.4. The summed E-state index contributed by atoms with van der Waals surface area (Å²) >= 11 is 0. The molecular formula is C24H34FN3O2. The average molecular weight is 416 g/mol. The fraction of sp³-hybridized carbons (Fsp3) is 0.667. The minimum absolute atomic E-state index is 0.163. The van der Waals surface area contributed by atoms with E-state index in [0.717, 1.165) is 31.8 Å². The van der Waals surface area contributed by atoms with Crippen LogP contribution in [0.5, 0.6) is 0 Å². The van der Waals surface area contributed by atoms with Crippen LogP contribution in [-0.4, -0.2) is 60.4 Å². The summed E-state index contributed by atoms with van der Waals surface area (Å²) in [6, 6.07) is 5.22. The van der Waals surface area contributed by atoms with E-state index in [0.29, 0.717) is 11.6 Å². The highest BCUT2D eigenvalue weighted by Crippen LogP contribution is 2.30. The summed E-state index contributed by atoms with van der Waals surface area (Å²) < 4.78 is 13.2. The fourth-order valence-corrected chi connectivity index (χ4v) is 5.30. The van der Waals surface area contributed by atoms with E-state index in [2.05, 4.69) is 16.7 Å². The molecular weight excluding hydrogens is 381 g/mol. The first-order valence-electron chi connectivity index (χ1n) is 11.6. The first kappa shape index (κ1) is 21.4. The van der Waals surface area contributed by atoms with E-state index in [1.807, 2.05) is 0 Å². The van der Waals surface area contributed by atoms with Crippen LogP contribution in [0, 0.1) is 17.7 Å². The summed E-state index contributed by atoms with van der Waals surface area (Å²) in [6.07, 6.45) is 7.67. The molecule has 6 heteroatoms. The molecule has 1 atom stereocenters. The number of carbonyl (C=O) groups excluding carboxylic acids is 2. The fourth-order valence-electron chi connectivity index (χ4n) is 5.30. The highest BCUT2D eigenvalue weighted by Gasteiger charge is 2.43. The minimum atomic E-state index is -0.369. The number of amides is 2. The van der Waals surface area contributed by atoms with Gasteiger partial charge in [0.15, 0.2) is 0 Å². The molecule has 3 heterocycles. The van der Waals surface area contributed by atoms with Crippen LogP contribution in [0.3, 0.4) is 0 Å². The topological polar surface area (TPSA) is 43.9 Å². The highest BCUT2D eigenvalue weighted by molar-refractivity contribution is 6.22. The second kappa shape index (κ2) is 9.56. The molecule has 0 N–H and O–H groups in total. The molecule has 0 saturated carbocycles. The van der Waals surface area contributed by atoms with Crippen LogP contribution >= 0.6 is 0 Å². The van der Waals surface area contributed by atoms with Crippen molar-refractivity contribution in [2.45, 2.75) is 57.9 Å². The molecule has 3 aliphatic rings. The van der Waals surface area contributed by atoms with Gasteiger partial charge in [0.25, 0.3) is 5.91 Å². The SMILES string of the molecule is CCC1CCN(CCC2CCN([C@@H]3CC(=O)N(c4ccc(F)cc4)C3=O)CC2)CC1. The standard InChI is InChI=1S/C24H34FN3O2/c1-2-18-7-12-26(13-8-18)14-9-19-10-15-27(16-11-19)22-17-23(29)28(24(22)30)21-5-3-20(25)4-6-21/h3-6,18-19,22H,2,7-17H2,1H3/t22-/m1/s1. The van der Waals surface area contributed by atoms with E-state index in [1.165, 1.54) is 74.5 Å². The summed E-state index contributed by atoms with van der Waals surface area (Å²) in [5, 5.41) is 0. The Kier molecular flexibility index (Phi) is 6.84. The third kappa shape index (κ3) is 4.75. The lowest BCUT2D eigenvalue weighted by Gasteiger charge is -2.36. The van der Waals surface area contributed by atoms with E-state index < -0.39 is 0 Å². The molecule has 3 fully saturated rings. The van der Waals surface area contributed by atoms with E-state index in [-0.39, 0.29) is 30.1 Å². The van der Waals surface area contributed by atoms with Crippen molar-refractivity contribution in [3.63, 3.8) is 0 Å². The van der Waals surface area contributed by atoms with Crippen molar-refractivity contribution in [1.82, 2.24) is 9.80 Å². The number of rotatable bonds is 6. The molecule has 2 amide bonds. The molecule has 0 unspecified atom stereocenters. The third-order valence-corrected chi connectivity index (χ3v) is 7.44. The zero-order chi connectivity index (χ0) is 21.1. The molecule has 1 aromatic rings. The lowest BCUT2D eigenvalue weighted by Crippen LogP contribution is -2.46. The van der Waals surface area contributed by atoms with E-state index in [9.17, 15) is 14.0 Å². The first-order valence-corrected chi connectivity index (χ1v) is 11.6. The van der Waals surface area contributed by atoms with Gasteiger partial charge in [-0.1, -0.05) is 13.3 Å². The van der Waals surface area contributed by atoms with Crippen LogP contribution in [0.15, 0.2) is 24.3 Å². The zero-order valence-corrected chi connectivity index (χ0v) is 18.1. The van der Waals surface area contributed by atoms with Crippen LogP contribution in [0.2, 0.25) is 0 Å². The first-order chi connectivity index (χ1) is 14.5. The number of hydrogen-bond acceptors (Lipinski definition) is 4. The van der Waals surface area contributed by atoms with E-state index in [4.69, 9.17) is 0 Å². The molecule has 0 bridgehead atoms. The molecule has 0 aromatic heterocycles. The van der Waals surface area contributed by atoms with Crippen LogP contribution in [0.1, 0.15) is 51.9 Å². The second-order valence-electron chi connectivity index (χ2n) is 9.23. The van der Waals surface area contributed by atoms with Crippen molar-refractivity contribution in [3.8, 4) is 0 Å². The quantitative estimate of drug-likeness (QED) is 0.665.